The molecule has 2 fully saturated rings. The molecule has 0 unspecified atom stereocenters. The number of piperidine rings is 1. The van der Waals surface area contributed by atoms with Crippen molar-refractivity contribution in [3.05, 3.63) is 29.3 Å². The van der Waals surface area contributed by atoms with Gasteiger partial charge in [0.25, 0.3) is 0 Å². The predicted molar refractivity (Wildman–Crippen MR) is 81.7 cm³/mol. The van der Waals surface area contributed by atoms with Crippen molar-refractivity contribution in [3.8, 4) is 0 Å². The summed E-state index contributed by atoms with van der Waals surface area (Å²) in [6.45, 7) is 9.15. The van der Waals surface area contributed by atoms with E-state index in [-0.39, 0.29) is 0 Å². The lowest BCUT2D eigenvalue weighted by atomic mass is 9.72. The van der Waals surface area contributed by atoms with E-state index < -0.39 is 11.6 Å². The molecule has 1 spiro atoms. The van der Waals surface area contributed by atoms with Crippen LogP contribution >= 0.6 is 0 Å². The van der Waals surface area contributed by atoms with Gasteiger partial charge in [0.2, 0.25) is 0 Å². The fourth-order valence-corrected chi connectivity index (χ4v) is 3.76. The van der Waals surface area contributed by atoms with Crippen molar-refractivity contribution in [1.82, 2.24) is 4.90 Å². The molecule has 0 aromatic heterocycles. The van der Waals surface area contributed by atoms with E-state index in [9.17, 15) is 8.78 Å². The SMILES string of the molecule is CCc1ccc(N2CCC3(CC2)CN(CC)C3)c(F)c1F. The molecule has 1 aromatic carbocycles. The number of hydrogen-bond acceptors (Lipinski definition) is 2. The molecule has 0 N–H and O–H groups in total. The highest BCUT2D eigenvalue weighted by Crippen LogP contribution is 2.41. The molecule has 0 aliphatic carbocycles. The van der Waals surface area contributed by atoms with Gasteiger partial charge in [0.15, 0.2) is 11.6 Å². The minimum absolute atomic E-state index is 0.435. The average Bonchev–Trinajstić information content (AvgIpc) is 2.48. The second kappa shape index (κ2) is 5.56. The van der Waals surface area contributed by atoms with Gasteiger partial charge in [0, 0.05) is 26.2 Å². The number of halogens is 2. The molecule has 0 radical (unpaired) electrons. The molecule has 2 nitrogen and oxygen atoms in total. The summed E-state index contributed by atoms with van der Waals surface area (Å²) in [7, 11) is 0. The molecule has 2 aliphatic heterocycles. The first kappa shape index (κ1) is 14.8. The van der Waals surface area contributed by atoms with Gasteiger partial charge >= 0.3 is 0 Å². The number of aryl methyl sites for hydroxylation is 1. The Hall–Kier alpha value is -1.16. The summed E-state index contributed by atoms with van der Waals surface area (Å²) in [6.07, 6.45) is 2.69. The van der Waals surface area contributed by atoms with Gasteiger partial charge in [0.1, 0.15) is 0 Å². The van der Waals surface area contributed by atoms with E-state index in [1.54, 1.807) is 12.1 Å². The number of rotatable bonds is 3. The first-order chi connectivity index (χ1) is 10.1. The summed E-state index contributed by atoms with van der Waals surface area (Å²) in [6, 6.07) is 3.47. The topological polar surface area (TPSA) is 6.48 Å². The Labute approximate surface area is 125 Å². The van der Waals surface area contributed by atoms with Gasteiger partial charge in [-0.2, -0.15) is 0 Å². The van der Waals surface area contributed by atoms with Crippen LogP contribution in [0.1, 0.15) is 32.3 Å². The maximum Gasteiger partial charge on any atom is 0.182 e. The molecule has 2 saturated heterocycles. The van der Waals surface area contributed by atoms with Gasteiger partial charge in [-0.25, -0.2) is 8.78 Å². The molecule has 0 amide bonds. The van der Waals surface area contributed by atoms with Crippen LogP contribution in [0.15, 0.2) is 12.1 Å². The van der Waals surface area contributed by atoms with Crippen LogP contribution in [0.5, 0.6) is 0 Å². The molecular formula is C17H24F2N2. The summed E-state index contributed by atoms with van der Waals surface area (Å²) in [5.41, 5.74) is 1.33. The zero-order valence-corrected chi connectivity index (χ0v) is 13.0. The van der Waals surface area contributed by atoms with E-state index >= 15 is 0 Å². The van der Waals surface area contributed by atoms with Crippen molar-refractivity contribution in [2.45, 2.75) is 33.1 Å². The Bertz CT molecular complexity index is 514. The monoisotopic (exact) mass is 294 g/mol. The van der Waals surface area contributed by atoms with Crippen molar-refractivity contribution in [2.75, 3.05) is 37.6 Å². The Balaban J connectivity index is 1.69. The van der Waals surface area contributed by atoms with Crippen molar-refractivity contribution in [2.24, 2.45) is 5.41 Å². The highest BCUT2D eigenvalue weighted by atomic mass is 19.2. The molecular weight excluding hydrogens is 270 g/mol. The smallest absolute Gasteiger partial charge is 0.182 e. The number of anilines is 1. The second-order valence-corrected chi connectivity index (χ2v) is 6.52. The zero-order valence-electron chi connectivity index (χ0n) is 13.0. The molecule has 1 aromatic rings. The molecule has 116 valence electrons. The van der Waals surface area contributed by atoms with Crippen LogP contribution in [-0.4, -0.2) is 37.6 Å². The molecule has 0 saturated carbocycles. The third-order valence-electron chi connectivity index (χ3n) is 5.25. The van der Waals surface area contributed by atoms with Crippen LogP contribution in [0.25, 0.3) is 0 Å². The zero-order chi connectivity index (χ0) is 15.0. The molecule has 0 bridgehead atoms. The number of benzene rings is 1. The lowest BCUT2D eigenvalue weighted by Crippen LogP contribution is -2.60. The molecule has 2 heterocycles. The van der Waals surface area contributed by atoms with Crippen LogP contribution < -0.4 is 4.90 Å². The van der Waals surface area contributed by atoms with Gasteiger partial charge in [-0.15, -0.1) is 0 Å². The van der Waals surface area contributed by atoms with Crippen molar-refractivity contribution >= 4 is 5.69 Å². The Kier molecular flexibility index (Phi) is 3.91. The fraction of sp³-hybridized carbons (Fsp3) is 0.647. The number of nitrogens with zero attached hydrogens (tertiary/aromatic N) is 2. The van der Waals surface area contributed by atoms with Crippen LogP contribution in [0.3, 0.4) is 0 Å². The van der Waals surface area contributed by atoms with Crippen LogP contribution in [0.2, 0.25) is 0 Å². The first-order valence-corrected chi connectivity index (χ1v) is 8.03. The minimum Gasteiger partial charge on any atom is -0.369 e. The second-order valence-electron chi connectivity index (χ2n) is 6.52. The number of hydrogen-bond donors (Lipinski definition) is 0. The molecule has 2 aliphatic rings. The van der Waals surface area contributed by atoms with Gasteiger partial charge in [-0.3, -0.25) is 0 Å². The Morgan fingerprint density at radius 3 is 2.29 bits per heavy atom. The van der Waals surface area contributed by atoms with E-state index in [1.807, 2.05) is 11.8 Å². The van der Waals surface area contributed by atoms with Gasteiger partial charge in [-0.1, -0.05) is 19.9 Å². The van der Waals surface area contributed by atoms with Gasteiger partial charge in [0.05, 0.1) is 5.69 Å². The summed E-state index contributed by atoms with van der Waals surface area (Å²) >= 11 is 0. The van der Waals surface area contributed by atoms with Crippen molar-refractivity contribution in [3.63, 3.8) is 0 Å². The third-order valence-corrected chi connectivity index (χ3v) is 5.25. The maximum absolute atomic E-state index is 14.2. The van der Waals surface area contributed by atoms with Gasteiger partial charge < -0.3 is 9.80 Å². The summed E-state index contributed by atoms with van der Waals surface area (Å²) in [5.74, 6) is -1.34. The van der Waals surface area contributed by atoms with Crippen LogP contribution in [0, 0.1) is 17.0 Å². The maximum atomic E-state index is 14.2. The quantitative estimate of drug-likeness (QED) is 0.842. The largest absolute Gasteiger partial charge is 0.369 e. The van der Waals surface area contributed by atoms with E-state index in [2.05, 4.69) is 11.8 Å². The molecule has 0 atom stereocenters. The standard InChI is InChI=1S/C17H24F2N2/c1-3-13-5-6-14(16(19)15(13)18)21-9-7-17(8-10-21)11-20(4-2)12-17/h5-6H,3-4,7-12H2,1-2H3. The van der Waals surface area contributed by atoms with E-state index in [0.29, 0.717) is 23.1 Å². The normalized spacial score (nSPS) is 21.6. The van der Waals surface area contributed by atoms with E-state index in [4.69, 9.17) is 0 Å². The predicted octanol–water partition coefficient (Wildman–Crippen LogP) is 3.45. The Morgan fingerprint density at radius 2 is 1.71 bits per heavy atom. The average molecular weight is 294 g/mol. The molecule has 3 rings (SSSR count). The Morgan fingerprint density at radius 1 is 1.05 bits per heavy atom. The lowest BCUT2D eigenvalue weighted by Gasteiger charge is -2.54. The molecule has 4 heteroatoms. The van der Waals surface area contributed by atoms with Crippen molar-refractivity contribution < 1.29 is 8.78 Å². The summed E-state index contributed by atoms with van der Waals surface area (Å²) in [5, 5.41) is 0. The summed E-state index contributed by atoms with van der Waals surface area (Å²) < 4.78 is 28.1. The lowest BCUT2D eigenvalue weighted by molar-refractivity contribution is -0.0144. The van der Waals surface area contributed by atoms with Crippen molar-refractivity contribution in [1.29, 1.82) is 0 Å². The van der Waals surface area contributed by atoms with Gasteiger partial charge in [-0.05, 0) is 42.9 Å². The fourth-order valence-electron chi connectivity index (χ4n) is 3.76. The highest BCUT2D eigenvalue weighted by Gasteiger charge is 2.44. The summed E-state index contributed by atoms with van der Waals surface area (Å²) in [4.78, 5) is 4.46. The van der Waals surface area contributed by atoms with Crippen LogP contribution in [-0.2, 0) is 6.42 Å². The number of likely N-dealkylation sites (tertiary alicyclic amines) is 1. The minimum atomic E-state index is -0.672. The first-order valence-electron chi connectivity index (χ1n) is 8.03. The van der Waals surface area contributed by atoms with E-state index in [1.165, 1.54) is 13.1 Å². The van der Waals surface area contributed by atoms with E-state index in [0.717, 1.165) is 32.5 Å². The third kappa shape index (κ3) is 2.54. The molecule has 21 heavy (non-hydrogen) atoms. The highest BCUT2D eigenvalue weighted by molar-refractivity contribution is 5.50. The van der Waals surface area contributed by atoms with Crippen LogP contribution in [0.4, 0.5) is 14.5 Å².